The normalized spacial score (nSPS) is 12.2. The summed E-state index contributed by atoms with van der Waals surface area (Å²) in [6, 6.07) is 1.68. The van der Waals surface area contributed by atoms with Gasteiger partial charge in [0.05, 0.1) is 4.90 Å². The van der Waals surface area contributed by atoms with Gasteiger partial charge in [0.15, 0.2) is 0 Å². The van der Waals surface area contributed by atoms with Gasteiger partial charge in [0.1, 0.15) is 0 Å². The molecule has 0 radical (unpaired) electrons. The van der Waals surface area contributed by atoms with E-state index in [1.54, 1.807) is 6.07 Å². The van der Waals surface area contributed by atoms with Crippen LogP contribution in [0.3, 0.4) is 0 Å². The molecule has 4 nitrogen and oxygen atoms in total. The van der Waals surface area contributed by atoms with Crippen molar-refractivity contribution in [3.63, 3.8) is 0 Å². The molecule has 0 aromatic carbocycles. The Kier molecular flexibility index (Phi) is 6.28. The number of nitrogens with one attached hydrogen (secondary N) is 2. The van der Waals surface area contributed by atoms with Crippen molar-refractivity contribution in [2.75, 3.05) is 13.1 Å². The molecule has 0 saturated heterocycles. The molecule has 0 unspecified atom stereocenters. The lowest BCUT2D eigenvalue weighted by Gasteiger charge is -2.09. The van der Waals surface area contributed by atoms with E-state index in [-0.39, 0.29) is 0 Å². The van der Waals surface area contributed by atoms with Gasteiger partial charge in [-0.2, -0.15) is 0 Å². The Morgan fingerprint density at radius 1 is 1.39 bits per heavy atom. The van der Waals surface area contributed by atoms with Crippen LogP contribution in [0.2, 0.25) is 0 Å². The van der Waals surface area contributed by atoms with Gasteiger partial charge in [0.25, 0.3) is 0 Å². The monoisotopic (exact) mass is 290 g/mol. The van der Waals surface area contributed by atoms with Gasteiger partial charge in [0, 0.05) is 18.0 Å². The topological polar surface area (TPSA) is 58.2 Å². The van der Waals surface area contributed by atoms with Crippen molar-refractivity contribution < 1.29 is 8.42 Å². The zero-order valence-electron chi connectivity index (χ0n) is 11.2. The van der Waals surface area contributed by atoms with Crippen LogP contribution in [0.25, 0.3) is 0 Å². The molecular weight excluding hydrogens is 268 g/mol. The van der Waals surface area contributed by atoms with Crippen LogP contribution in [-0.2, 0) is 16.6 Å². The second-order valence-corrected chi connectivity index (χ2v) is 7.30. The molecule has 6 heteroatoms. The predicted molar refractivity (Wildman–Crippen MR) is 76.3 cm³/mol. The van der Waals surface area contributed by atoms with E-state index in [1.807, 2.05) is 12.3 Å². The molecule has 1 aromatic rings. The summed E-state index contributed by atoms with van der Waals surface area (Å²) in [5.74, 6) is 0.497. The Labute approximate surface area is 114 Å². The molecule has 0 aliphatic rings. The van der Waals surface area contributed by atoms with E-state index >= 15 is 0 Å². The zero-order valence-corrected chi connectivity index (χ0v) is 12.8. The van der Waals surface area contributed by atoms with Crippen molar-refractivity contribution in [1.82, 2.24) is 10.0 Å². The SMILES string of the molecule is CCNCc1sccc1S(=O)(=O)NCCC(C)C. The van der Waals surface area contributed by atoms with E-state index in [0.29, 0.717) is 23.9 Å². The van der Waals surface area contributed by atoms with Crippen molar-refractivity contribution in [3.05, 3.63) is 16.3 Å². The average molecular weight is 290 g/mol. The first-order valence-electron chi connectivity index (χ1n) is 6.24. The van der Waals surface area contributed by atoms with Crippen LogP contribution in [0.15, 0.2) is 16.3 Å². The van der Waals surface area contributed by atoms with Crippen molar-refractivity contribution in [2.24, 2.45) is 5.92 Å². The lowest BCUT2D eigenvalue weighted by atomic mass is 10.1. The molecule has 0 fully saturated rings. The Morgan fingerprint density at radius 3 is 2.72 bits per heavy atom. The first kappa shape index (κ1) is 15.6. The minimum atomic E-state index is -3.35. The third kappa shape index (κ3) is 4.68. The molecule has 0 spiro atoms. The number of thiophene rings is 1. The molecule has 2 N–H and O–H groups in total. The van der Waals surface area contributed by atoms with E-state index in [0.717, 1.165) is 17.8 Å². The highest BCUT2D eigenvalue weighted by molar-refractivity contribution is 7.89. The number of sulfonamides is 1. The van der Waals surface area contributed by atoms with Crippen LogP contribution in [-0.4, -0.2) is 21.5 Å². The van der Waals surface area contributed by atoms with Crippen LogP contribution >= 0.6 is 11.3 Å². The second-order valence-electron chi connectivity index (χ2n) is 4.57. The molecule has 0 saturated carbocycles. The smallest absolute Gasteiger partial charge is 0.241 e. The molecule has 0 aliphatic heterocycles. The lowest BCUT2D eigenvalue weighted by Crippen LogP contribution is -2.26. The number of rotatable bonds is 8. The largest absolute Gasteiger partial charge is 0.312 e. The van der Waals surface area contributed by atoms with Gasteiger partial charge in [-0.15, -0.1) is 11.3 Å². The molecule has 1 aromatic heterocycles. The van der Waals surface area contributed by atoms with Gasteiger partial charge >= 0.3 is 0 Å². The summed E-state index contributed by atoms with van der Waals surface area (Å²) in [5.41, 5.74) is 0. The molecule has 18 heavy (non-hydrogen) atoms. The highest BCUT2D eigenvalue weighted by Crippen LogP contribution is 2.21. The molecule has 0 atom stereocenters. The van der Waals surface area contributed by atoms with E-state index < -0.39 is 10.0 Å². The molecule has 1 heterocycles. The van der Waals surface area contributed by atoms with Crippen LogP contribution in [0.5, 0.6) is 0 Å². The highest BCUT2D eigenvalue weighted by Gasteiger charge is 2.18. The fourth-order valence-electron chi connectivity index (χ4n) is 1.50. The Hall–Kier alpha value is -0.430. The summed E-state index contributed by atoms with van der Waals surface area (Å²) in [7, 11) is -3.35. The van der Waals surface area contributed by atoms with Crippen molar-refractivity contribution in [1.29, 1.82) is 0 Å². The first-order chi connectivity index (χ1) is 8.47. The molecule has 0 amide bonds. The van der Waals surface area contributed by atoms with Gasteiger partial charge < -0.3 is 5.32 Å². The summed E-state index contributed by atoms with van der Waals surface area (Å²) in [5, 5.41) is 4.98. The van der Waals surface area contributed by atoms with Gasteiger partial charge in [0.2, 0.25) is 10.0 Å². The fourth-order valence-corrected chi connectivity index (χ4v) is 3.95. The summed E-state index contributed by atoms with van der Waals surface area (Å²) in [6.45, 7) is 8.09. The van der Waals surface area contributed by atoms with Crippen LogP contribution in [0.4, 0.5) is 0 Å². The van der Waals surface area contributed by atoms with Gasteiger partial charge in [-0.1, -0.05) is 20.8 Å². The van der Waals surface area contributed by atoms with E-state index in [9.17, 15) is 8.42 Å². The maximum absolute atomic E-state index is 12.1. The summed E-state index contributed by atoms with van der Waals surface area (Å²) in [6.07, 6.45) is 0.853. The van der Waals surface area contributed by atoms with Crippen molar-refractivity contribution in [2.45, 2.75) is 38.6 Å². The average Bonchev–Trinajstić information content (AvgIpc) is 2.74. The Bertz CT molecular complexity index is 452. The van der Waals surface area contributed by atoms with Crippen LogP contribution in [0, 0.1) is 5.92 Å². The van der Waals surface area contributed by atoms with Gasteiger partial charge in [-0.3, -0.25) is 0 Å². The second kappa shape index (κ2) is 7.23. The highest BCUT2D eigenvalue weighted by atomic mass is 32.2. The third-order valence-electron chi connectivity index (χ3n) is 2.54. The molecule has 1 rings (SSSR count). The Balaban J connectivity index is 2.69. The number of hydrogen-bond acceptors (Lipinski definition) is 4. The van der Waals surface area contributed by atoms with Crippen LogP contribution < -0.4 is 10.0 Å². The lowest BCUT2D eigenvalue weighted by molar-refractivity contribution is 0.551. The molecule has 0 bridgehead atoms. The summed E-state index contributed by atoms with van der Waals surface area (Å²) >= 11 is 1.47. The van der Waals surface area contributed by atoms with E-state index in [2.05, 4.69) is 23.9 Å². The van der Waals surface area contributed by atoms with Gasteiger partial charge in [-0.05, 0) is 30.3 Å². The van der Waals surface area contributed by atoms with Crippen molar-refractivity contribution in [3.8, 4) is 0 Å². The maximum atomic E-state index is 12.1. The van der Waals surface area contributed by atoms with Crippen LogP contribution in [0.1, 0.15) is 32.1 Å². The predicted octanol–water partition coefficient (Wildman–Crippen LogP) is 2.18. The molecule has 0 aliphatic carbocycles. The number of hydrogen-bond donors (Lipinski definition) is 2. The van der Waals surface area contributed by atoms with E-state index in [1.165, 1.54) is 11.3 Å². The molecule has 104 valence electrons. The van der Waals surface area contributed by atoms with Crippen molar-refractivity contribution >= 4 is 21.4 Å². The third-order valence-corrected chi connectivity index (χ3v) is 5.14. The zero-order chi connectivity index (χ0) is 13.6. The first-order valence-corrected chi connectivity index (χ1v) is 8.60. The standard InChI is InChI=1S/C12H22N2O2S2/c1-4-13-9-11-12(6-8-17-11)18(15,16)14-7-5-10(2)3/h6,8,10,13-14H,4-5,7,9H2,1-3H3. The Morgan fingerprint density at radius 2 is 2.11 bits per heavy atom. The fraction of sp³-hybridized carbons (Fsp3) is 0.667. The minimum Gasteiger partial charge on any atom is -0.312 e. The summed E-state index contributed by atoms with van der Waals surface area (Å²) in [4.78, 5) is 1.28. The maximum Gasteiger partial charge on any atom is 0.241 e. The summed E-state index contributed by atoms with van der Waals surface area (Å²) < 4.78 is 26.9. The minimum absolute atomic E-state index is 0.414. The quantitative estimate of drug-likeness (QED) is 0.771. The van der Waals surface area contributed by atoms with E-state index in [4.69, 9.17) is 0 Å². The molecular formula is C12H22N2O2S2. The van der Waals surface area contributed by atoms with Gasteiger partial charge in [-0.25, -0.2) is 13.1 Å².